The molecule has 7 nitrogen and oxygen atoms in total. The van der Waals surface area contributed by atoms with E-state index in [0.29, 0.717) is 12.8 Å². The Morgan fingerprint density at radius 1 is 1.06 bits per heavy atom. The van der Waals surface area contributed by atoms with Gasteiger partial charge in [0.05, 0.1) is 7.11 Å². The van der Waals surface area contributed by atoms with Gasteiger partial charge < -0.3 is 19.4 Å². The third-order valence-electron chi connectivity index (χ3n) is 5.67. The first-order valence-corrected chi connectivity index (χ1v) is 10.2. The molecule has 0 spiro atoms. The third-order valence-corrected chi connectivity index (χ3v) is 5.67. The highest BCUT2D eigenvalue weighted by atomic mass is 16.5. The van der Waals surface area contributed by atoms with E-state index in [4.69, 9.17) is 9.47 Å². The summed E-state index contributed by atoms with van der Waals surface area (Å²) in [6.45, 7) is -0.121. The number of aromatic amines is 1. The highest BCUT2D eigenvalue weighted by molar-refractivity contribution is 5.87. The van der Waals surface area contributed by atoms with Crippen LogP contribution >= 0.6 is 0 Å². The van der Waals surface area contributed by atoms with Crippen molar-refractivity contribution in [3.63, 3.8) is 0 Å². The standard InChI is InChI=1S/C24H24N2O5/c1-30-24(29)21-12-16-6-2-3-7-18(16)14-26(21)22(27)15-31-23(28)11-10-17-13-25-20-9-5-4-8-19(17)20/h2-9,13,21,25H,10-12,14-15H2,1H3/t21-/m0/s1. The Kier molecular flexibility index (Phi) is 6.02. The molecule has 3 aromatic rings. The number of H-pyrrole nitrogens is 1. The highest BCUT2D eigenvalue weighted by Gasteiger charge is 2.35. The highest BCUT2D eigenvalue weighted by Crippen LogP contribution is 2.24. The smallest absolute Gasteiger partial charge is 0.328 e. The second-order valence-corrected chi connectivity index (χ2v) is 7.55. The molecule has 1 amide bonds. The fraction of sp³-hybridized carbons (Fsp3) is 0.292. The minimum absolute atomic E-state index is 0.165. The van der Waals surface area contributed by atoms with Crippen molar-refractivity contribution in [1.29, 1.82) is 0 Å². The fourth-order valence-electron chi connectivity index (χ4n) is 4.00. The molecule has 1 aromatic heterocycles. The van der Waals surface area contributed by atoms with E-state index in [-0.39, 0.29) is 13.0 Å². The molecule has 0 saturated heterocycles. The van der Waals surface area contributed by atoms with Crippen LogP contribution in [0.2, 0.25) is 0 Å². The quantitative estimate of drug-likeness (QED) is 0.620. The van der Waals surface area contributed by atoms with E-state index in [1.807, 2.05) is 54.7 Å². The number of esters is 2. The summed E-state index contributed by atoms with van der Waals surface area (Å²) in [5.41, 5.74) is 4.02. The number of aromatic nitrogens is 1. The Morgan fingerprint density at radius 2 is 1.81 bits per heavy atom. The molecule has 31 heavy (non-hydrogen) atoms. The monoisotopic (exact) mass is 420 g/mol. The lowest BCUT2D eigenvalue weighted by Crippen LogP contribution is -2.50. The molecular formula is C24H24N2O5. The fourth-order valence-corrected chi connectivity index (χ4v) is 4.00. The minimum atomic E-state index is -0.725. The lowest BCUT2D eigenvalue weighted by molar-refractivity contribution is -0.159. The Labute approximate surface area is 179 Å². The summed E-state index contributed by atoms with van der Waals surface area (Å²) < 4.78 is 10.1. The summed E-state index contributed by atoms with van der Waals surface area (Å²) >= 11 is 0. The zero-order valence-electron chi connectivity index (χ0n) is 17.3. The van der Waals surface area contributed by atoms with Gasteiger partial charge in [0, 0.05) is 36.5 Å². The van der Waals surface area contributed by atoms with Gasteiger partial charge in [-0.15, -0.1) is 0 Å². The largest absolute Gasteiger partial charge is 0.467 e. The average molecular weight is 420 g/mol. The van der Waals surface area contributed by atoms with Crippen molar-refractivity contribution in [3.8, 4) is 0 Å². The summed E-state index contributed by atoms with van der Waals surface area (Å²) in [6.07, 6.45) is 2.94. The molecule has 0 aliphatic carbocycles. The summed E-state index contributed by atoms with van der Waals surface area (Å²) in [6, 6.07) is 14.8. The van der Waals surface area contributed by atoms with Crippen molar-refractivity contribution in [3.05, 3.63) is 71.4 Å². The molecule has 1 aliphatic heterocycles. The number of aryl methyl sites for hydroxylation is 1. The van der Waals surface area contributed by atoms with Gasteiger partial charge in [-0.2, -0.15) is 0 Å². The Hall–Kier alpha value is -3.61. The number of carbonyl (C=O) groups excluding carboxylic acids is 3. The van der Waals surface area contributed by atoms with Crippen LogP contribution in [-0.4, -0.2) is 47.5 Å². The van der Waals surface area contributed by atoms with Crippen LogP contribution in [0.1, 0.15) is 23.1 Å². The lowest BCUT2D eigenvalue weighted by Gasteiger charge is -2.35. The van der Waals surface area contributed by atoms with Crippen LogP contribution in [0.3, 0.4) is 0 Å². The molecular weight excluding hydrogens is 396 g/mol. The number of carbonyl (C=O) groups is 3. The van der Waals surface area contributed by atoms with Gasteiger partial charge in [0.25, 0.3) is 5.91 Å². The van der Waals surface area contributed by atoms with Crippen LogP contribution in [0.5, 0.6) is 0 Å². The Morgan fingerprint density at radius 3 is 2.61 bits per heavy atom. The van der Waals surface area contributed by atoms with Crippen molar-refractivity contribution in [2.75, 3.05) is 13.7 Å². The van der Waals surface area contributed by atoms with Crippen molar-refractivity contribution in [2.45, 2.75) is 31.8 Å². The number of benzene rings is 2. The number of fused-ring (bicyclic) bond motifs is 2. The van der Waals surface area contributed by atoms with Crippen LogP contribution in [0.25, 0.3) is 10.9 Å². The molecule has 1 N–H and O–H groups in total. The number of hydrogen-bond donors (Lipinski definition) is 1. The van der Waals surface area contributed by atoms with E-state index >= 15 is 0 Å². The Bertz CT molecular complexity index is 1120. The van der Waals surface area contributed by atoms with Gasteiger partial charge in [-0.05, 0) is 29.2 Å². The molecule has 2 aromatic carbocycles. The van der Waals surface area contributed by atoms with E-state index in [9.17, 15) is 14.4 Å². The van der Waals surface area contributed by atoms with Gasteiger partial charge in [0.15, 0.2) is 6.61 Å². The molecule has 160 valence electrons. The number of hydrogen-bond acceptors (Lipinski definition) is 5. The maximum absolute atomic E-state index is 12.8. The lowest BCUT2D eigenvalue weighted by atomic mass is 9.94. The zero-order chi connectivity index (χ0) is 21.8. The Balaban J connectivity index is 1.35. The molecule has 0 fully saturated rings. The molecule has 0 saturated carbocycles. The first-order valence-electron chi connectivity index (χ1n) is 10.2. The molecule has 4 rings (SSSR count). The third kappa shape index (κ3) is 4.45. The van der Waals surface area contributed by atoms with E-state index in [1.54, 1.807) is 0 Å². The molecule has 7 heteroatoms. The minimum Gasteiger partial charge on any atom is -0.467 e. The van der Waals surface area contributed by atoms with Crippen LogP contribution < -0.4 is 0 Å². The second-order valence-electron chi connectivity index (χ2n) is 7.55. The van der Waals surface area contributed by atoms with Gasteiger partial charge in [0.1, 0.15) is 6.04 Å². The predicted octanol–water partition coefficient (Wildman–Crippen LogP) is 2.77. The number of nitrogens with zero attached hydrogens (tertiary/aromatic N) is 1. The molecule has 0 bridgehead atoms. The number of ether oxygens (including phenoxy) is 2. The van der Waals surface area contributed by atoms with Crippen molar-refractivity contribution in [2.24, 2.45) is 0 Å². The van der Waals surface area contributed by atoms with E-state index in [2.05, 4.69) is 4.98 Å². The molecule has 0 radical (unpaired) electrons. The maximum Gasteiger partial charge on any atom is 0.328 e. The van der Waals surface area contributed by atoms with Crippen molar-refractivity contribution in [1.82, 2.24) is 9.88 Å². The average Bonchev–Trinajstić information content (AvgIpc) is 3.23. The molecule has 0 unspecified atom stereocenters. The normalized spacial score (nSPS) is 15.4. The van der Waals surface area contributed by atoms with Gasteiger partial charge >= 0.3 is 11.9 Å². The molecule has 1 aliphatic rings. The van der Waals surface area contributed by atoms with Crippen molar-refractivity contribution < 1.29 is 23.9 Å². The van der Waals surface area contributed by atoms with E-state index in [0.717, 1.165) is 27.6 Å². The zero-order valence-corrected chi connectivity index (χ0v) is 17.3. The van der Waals surface area contributed by atoms with Crippen molar-refractivity contribution >= 4 is 28.7 Å². The molecule has 2 heterocycles. The maximum atomic E-state index is 12.8. The van der Waals surface area contributed by atoms with Gasteiger partial charge in [-0.25, -0.2) is 4.79 Å². The number of rotatable bonds is 6. The van der Waals surface area contributed by atoms with Gasteiger partial charge in [-0.3, -0.25) is 9.59 Å². The second kappa shape index (κ2) is 9.04. The van der Waals surface area contributed by atoms with Crippen LogP contribution in [0.4, 0.5) is 0 Å². The van der Waals surface area contributed by atoms with E-state index < -0.39 is 30.5 Å². The van der Waals surface area contributed by atoms with E-state index in [1.165, 1.54) is 12.0 Å². The SMILES string of the molecule is COC(=O)[C@@H]1Cc2ccccc2CN1C(=O)COC(=O)CCc1c[nH]c2ccccc12. The summed E-state index contributed by atoms with van der Waals surface area (Å²) in [5.74, 6) is -1.34. The number of methoxy groups -OCH3 is 1. The summed E-state index contributed by atoms with van der Waals surface area (Å²) in [5, 5.41) is 1.07. The van der Waals surface area contributed by atoms with Crippen LogP contribution in [0.15, 0.2) is 54.7 Å². The van der Waals surface area contributed by atoms with Gasteiger partial charge in [0.2, 0.25) is 0 Å². The topological polar surface area (TPSA) is 88.7 Å². The van der Waals surface area contributed by atoms with Crippen LogP contribution in [0, 0.1) is 0 Å². The van der Waals surface area contributed by atoms with Crippen LogP contribution in [-0.2, 0) is 43.2 Å². The predicted molar refractivity (Wildman–Crippen MR) is 114 cm³/mol. The van der Waals surface area contributed by atoms with Gasteiger partial charge in [-0.1, -0.05) is 42.5 Å². The first-order chi connectivity index (χ1) is 15.1. The first kappa shape index (κ1) is 20.7. The number of amides is 1. The molecule has 1 atom stereocenters. The number of nitrogens with one attached hydrogen (secondary N) is 1. The number of para-hydroxylation sites is 1. The summed E-state index contributed by atoms with van der Waals surface area (Å²) in [7, 11) is 1.30. The summed E-state index contributed by atoms with van der Waals surface area (Å²) in [4.78, 5) is 41.9.